The van der Waals surface area contributed by atoms with E-state index in [0.717, 1.165) is 7.11 Å². The molecule has 0 saturated carbocycles. The fourth-order valence-corrected chi connectivity index (χ4v) is 2.08. The molecule has 0 aliphatic rings. The number of carbonyl (C=O) groups excluding carboxylic acids is 1. The van der Waals surface area contributed by atoms with Crippen LogP contribution >= 0.6 is 0 Å². The molecule has 0 aromatic carbocycles. The lowest BCUT2D eigenvalue weighted by molar-refractivity contribution is -0.138. The number of imidazole rings is 1. The Morgan fingerprint density at radius 2 is 2.26 bits per heavy atom. The van der Waals surface area contributed by atoms with E-state index in [1.54, 1.807) is 0 Å². The van der Waals surface area contributed by atoms with Crippen molar-refractivity contribution in [2.75, 3.05) is 7.11 Å². The summed E-state index contributed by atoms with van der Waals surface area (Å²) in [6.07, 6.45) is 1.31. The number of ether oxygens (including phenoxy) is 1. The molecule has 0 radical (unpaired) electrons. The first-order chi connectivity index (χ1) is 8.84. The van der Waals surface area contributed by atoms with E-state index >= 15 is 0 Å². The van der Waals surface area contributed by atoms with E-state index in [9.17, 15) is 18.0 Å². The van der Waals surface area contributed by atoms with E-state index in [1.165, 1.54) is 17.2 Å². The summed E-state index contributed by atoms with van der Waals surface area (Å²) in [6.45, 7) is 0. The molecule has 1 aromatic heterocycles. The summed E-state index contributed by atoms with van der Waals surface area (Å²) in [4.78, 5) is 28.0. The molecule has 1 unspecified atom stereocenters. The number of aromatic nitrogens is 2. The first kappa shape index (κ1) is 14.9. The van der Waals surface area contributed by atoms with Gasteiger partial charge in [0.15, 0.2) is 0 Å². The zero-order valence-electron chi connectivity index (χ0n) is 9.78. The third kappa shape index (κ3) is 4.93. The second-order valence-electron chi connectivity index (χ2n) is 3.39. The molecule has 1 atom stereocenters. The van der Waals surface area contributed by atoms with Crippen LogP contribution < -0.4 is 9.44 Å². The number of carboxylic acids is 1. The fraction of sp³-hybridized carbons (Fsp3) is 0.375. The van der Waals surface area contributed by atoms with Gasteiger partial charge in [-0.05, 0) is 0 Å². The Balaban J connectivity index is 2.73. The van der Waals surface area contributed by atoms with Gasteiger partial charge in [-0.2, -0.15) is 13.1 Å². The first-order valence-corrected chi connectivity index (χ1v) is 6.40. The minimum atomic E-state index is -4.33. The van der Waals surface area contributed by atoms with Crippen molar-refractivity contribution in [1.82, 2.24) is 19.4 Å². The topological polar surface area (TPSA) is 150 Å². The van der Waals surface area contributed by atoms with Gasteiger partial charge in [-0.3, -0.25) is 4.79 Å². The Labute approximate surface area is 108 Å². The number of methoxy groups -OCH3 is 1. The summed E-state index contributed by atoms with van der Waals surface area (Å²) in [5, 5.41) is 8.92. The summed E-state index contributed by atoms with van der Waals surface area (Å²) in [5.74, 6) is -1.40. The summed E-state index contributed by atoms with van der Waals surface area (Å²) in [6, 6.07) is -1.46. The van der Waals surface area contributed by atoms with Crippen molar-refractivity contribution >= 4 is 22.3 Å². The molecule has 1 aromatic rings. The number of H-pyrrole nitrogens is 1. The van der Waals surface area contributed by atoms with Gasteiger partial charge in [0.2, 0.25) is 0 Å². The van der Waals surface area contributed by atoms with Crippen molar-refractivity contribution < 1.29 is 27.9 Å². The minimum absolute atomic E-state index is 0.155. The summed E-state index contributed by atoms with van der Waals surface area (Å²) in [7, 11) is -3.35. The van der Waals surface area contributed by atoms with Crippen molar-refractivity contribution in [2.45, 2.75) is 12.5 Å². The van der Waals surface area contributed by atoms with Crippen LogP contribution in [-0.2, 0) is 26.2 Å². The van der Waals surface area contributed by atoms with Gasteiger partial charge in [-0.1, -0.05) is 0 Å². The van der Waals surface area contributed by atoms with E-state index in [1.807, 2.05) is 4.72 Å². The van der Waals surface area contributed by atoms with Crippen molar-refractivity contribution in [3.05, 3.63) is 18.2 Å². The first-order valence-electron chi connectivity index (χ1n) is 4.92. The normalized spacial score (nSPS) is 12.7. The Kier molecular flexibility index (Phi) is 4.83. The third-order valence-electron chi connectivity index (χ3n) is 1.98. The Hall–Kier alpha value is -2.14. The maximum absolute atomic E-state index is 11.4. The molecule has 1 heterocycles. The molecule has 1 rings (SSSR count). The number of carbonyl (C=O) groups is 2. The highest BCUT2D eigenvalue weighted by atomic mass is 32.2. The highest BCUT2D eigenvalue weighted by Gasteiger charge is 2.26. The molecule has 0 bridgehead atoms. The molecule has 0 spiro atoms. The van der Waals surface area contributed by atoms with Gasteiger partial charge in [0.25, 0.3) is 0 Å². The van der Waals surface area contributed by atoms with Crippen molar-refractivity contribution in [1.29, 1.82) is 0 Å². The molecule has 1 amide bonds. The predicted molar refractivity (Wildman–Crippen MR) is 61.3 cm³/mol. The van der Waals surface area contributed by atoms with Crippen LogP contribution in [0.4, 0.5) is 4.79 Å². The smallest absolute Gasteiger partial charge is 0.421 e. The van der Waals surface area contributed by atoms with E-state index in [0.29, 0.717) is 5.69 Å². The second-order valence-corrected chi connectivity index (χ2v) is 4.83. The molecule has 0 aliphatic heterocycles. The number of hydrogen-bond donors (Lipinski definition) is 4. The molecule has 4 N–H and O–H groups in total. The van der Waals surface area contributed by atoms with Gasteiger partial charge in [0.05, 0.1) is 13.4 Å². The summed E-state index contributed by atoms with van der Waals surface area (Å²) < 4.78 is 30.3. The molecule has 11 heteroatoms. The molecule has 106 valence electrons. The van der Waals surface area contributed by atoms with E-state index in [-0.39, 0.29) is 6.42 Å². The van der Waals surface area contributed by atoms with Gasteiger partial charge in [-0.15, -0.1) is 0 Å². The molecule has 0 aliphatic carbocycles. The molecular formula is C8H12N4O6S. The van der Waals surface area contributed by atoms with Crippen LogP contribution in [0.5, 0.6) is 0 Å². The number of rotatable bonds is 6. The Morgan fingerprint density at radius 1 is 1.58 bits per heavy atom. The molecule has 0 saturated heterocycles. The summed E-state index contributed by atoms with van der Waals surface area (Å²) >= 11 is 0. The number of hydrogen-bond acceptors (Lipinski definition) is 6. The lowest BCUT2D eigenvalue weighted by atomic mass is 10.2. The minimum Gasteiger partial charge on any atom is -0.480 e. The molecule has 0 fully saturated rings. The van der Waals surface area contributed by atoms with Crippen LogP contribution in [0.25, 0.3) is 0 Å². The van der Waals surface area contributed by atoms with Crippen LogP contribution in [0, 0.1) is 0 Å². The fourth-order valence-electron chi connectivity index (χ4n) is 1.16. The predicted octanol–water partition coefficient (Wildman–Crippen LogP) is -1.40. The van der Waals surface area contributed by atoms with E-state index in [4.69, 9.17) is 5.11 Å². The van der Waals surface area contributed by atoms with Crippen molar-refractivity contribution in [3.8, 4) is 0 Å². The third-order valence-corrected chi connectivity index (χ3v) is 3.01. The lowest BCUT2D eigenvalue weighted by Crippen LogP contribution is -2.49. The van der Waals surface area contributed by atoms with Crippen LogP contribution in [0.15, 0.2) is 12.5 Å². The number of aliphatic carboxylic acids is 1. The maximum Gasteiger partial charge on any atom is 0.421 e. The number of amides is 1. The quantitative estimate of drug-likeness (QED) is 0.503. The van der Waals surface area contributed by atoms with Crippen LogP contribution in [0.1, 0.15) is 5.69 Å². The Morgan fingerprint density at radius 3 is 2.74 bits per heavy atom. The molecular weight excluding hydrogens is 280 g/mol. The van der Waals surface area contributed by atoms with Gasteiger partial charge < -0.3 is 14.8 Å². The van der Waals surface area contributed by atoms with Crippen molar-refractivity contribution in [3.63, 3.8) is 0 Å². The summed E-state index contributed by atoms with van der Waals surface area (Å²) in [5.41, 5.74) is 0.424. The second kappa shape index (κ2) is 6.15. The standard InChI is InChI=1S/C8H12N4O6S/c1-18-8(15)12-19(16,17)11-6(7(13)14)2-5-3-9-4-10-5/h3-4,6,11H,2H2,1H3,(H,9,10)(H,12,15)(H,13,14). The Bertz CT molecular complexity index is 540. The average Bonchev–Trinajstić information content (AvgIpc) is 2.79. The van der Waals surface area contributed by atoms with Crippen molar-refractivity contribution in [2.24, 2.45) is 0 Å². The largest absolute Gasteiger partial charge is 0.480 e. The van der Waals surface area contributed by atoms with Crippen LogP contribution in [-0.4, -0.2) is 48.7 Å². The average molecular weight is 292 g/mol. The highest BCUT2D eigenvalue weighted by molar-refractivity contribution is 7.88. The van der Waals surface area contributed by atoms with E-state index < -0.39 is 28.3 Å². The maximum atomic E-state index is 11.4. The van der Waals surface area contributed by atoms with Gasteiger partial charge in [-0.25, -0.2) is 14.5 Å². The highest BCUT2D eigenvalue weighted by Crippen LogP contribution is 2.00. The molecule has 19 heavy (non-hydrogen) atoms. The van der Waals surface area contributed by atoms with Crippen LogP contribution in [0.2, 0.25) is 0 Å². The number of nitrogens with zero attached hydrogens (tertiary/aromatic N) is 1. The van der Waals surface area contributed by atoms with Crippen LogP contribution in [0.3, 0.4) is 0 Å². The van der Waals surface area contributed by atoms with Gasteiger partial charge in [0.1, 0.15) is 6.04 Å². The zero-order chi connectivity index (χ0) is 14.5. The van der Waals surface area contributed by atoms with E-state index in [2.05, 4.69) is 14.7 Å². The lowest BCUT2D eigenvalue weighted by Gasteiger charge is -2.13. The number of carboxylic acid groups (broad SMARTS) is 1. The molecule has 10 nitrogen and oxygen atoms in total. The number of aromatic amines is 1. The SMILES string of the molecule is COC(=O)NS(=O)(=O)NC(Cc1cnc[nH]1)C(=O)O. The number of nitrogens with one attached hydrogen (secondary N) is 3. The van der Waals surface area contributed by atoms with Gasteiger partial charge in [0, 0.05) is 18.3 Å². The monoisotopic (exact) mass is 292 g/mol. The zero-order valence-corrected chi connectivity index (χ0v) is 10.6. The van der Waals surface area contributed by atoms with Gasteiger partial charge >= 0.3 is 22.3 Å².